The Morgan fingerprint density at radius 3 is 2.61 bits per heavy atom. The lowest BCUT2D eigenvalue weighted by molar-refractivity contribution is -0.116. The Bertz CT molecular complexity index is 1130. The number of anilines is 1. The van der Waals surface area contributed by atoms with Gasteiger partial charge in [-0.25, -0.2) is 0 Å². The van der Waals surface area contributed by atoms with Crippen molar-refractivity contribution in [1.29, 1.82) is 0 Å². The van der Waals surface area contributed by atoms with Crippen molar-refractivity contribution in [2.24, 2.45) is 0 Å². The minimum atomic E-state index is -0.239. The number of benzene rings is 3. The van der Waals surface area contributed by atoms with Crippen LogP contribution in [0.3, 0.4) is 0 Å². The smallest absolute Gasteiger partial charge is 0.260 e. The highest BCUT2D eigenvalue weighted by molar-refractivity contribution is 8.05. The summed E-state index contributed by atoms with van der Waals surface area (Å²) >= 11 is 13.6. The lowest BCUT2D eigenvalue weighted by Gasteiger charge is -2.15. The second kappa shape index (κ2) is 9.69. The molecule has 1 fully saturated rings. The summed E-state index contributed by atoms with van der Waals surface area (Å²) in [7, 11) is 0. The van der Waals surface area contributed by atoms with E-state index in [4.69, 9.17) is 27.9 Å². The summed E-state index contributed by atoms with van der Waals surface area (Å²) in [5.41, 5.74) is 3.57. The van der Waals surface area contributed by atoms with E-state index < -0.39 is 0 Å². The van der Waals surface area contributed by atoms with E-state index >= 15 is 0 Å². The zero-order valence-electron chi connectivity index (χ0n) is 16.7. The van der Waals surface area contributed by atoms with Gasteiger partial charge in [0.2, 0.25) is 0 Å². The molecular weight excluding hydrogens is 451 g/mol. The van der Waals surface area contributed by atoms with Crippen LogP contribution in [0.15, 0.2) is 71.6 Å². The van der Waals surface area contributed by atoms with Gasteiger partial charge in [0.1, 0.15) is 12.4 Å². The molecule has 4 rings (SSSR count). The van der Waals surface area contributed by atoms with Crippen LogP contribution in [0.5, 0.6) is 5.75 Å². The van der Waals surface area contributed by atoms with Gasteiger partial charge in [0.05, 0.1) is 4.91 Å². The highest BCUT2D eigenvalue weighted by Gasteiger charge is 2.27. The molecule has 1 unspecified atom stereocenters. The van der Waals surface area contributed by atoms with E-state index in [1.165, 1.54) is 11.8 Å². The monoisotopic (exact) mass is 470 g/mol. The Hall–Kier alpha value is -2.60. The standard InChI is InChI=1S/C24H20Cl2N2O2S/c1-15-12-18(25)8-11-21(15)27-24-28-23(29)22(31-24)13-16-6-9-19(10-7-16)30-14-17-4-2-3-5-20(17)26/h2-13,24,27H,14H2,1H3,(H,28,29)/b22-13-. The summed E-state index contributed by atoms with van der Waals surface area (Å²) in [6.45, 7) is 2.37. The topological polar surface area (TPSA) is 50.4 Å². The predicted molar refractivity (Wildman–Crippen MR) is 130 cm³/mol. The first-order chi connectivity index (χ1) is 15.0. The summed E-state index contributed by atoms with van der Waals surface area (Å²) in [5.74, 6) is 0.636. The van der Waals surface area contributed by atoms with Gasteiger partial charge in [-0.3, -0.25) is 4.79 Å². The summed E-state index contributed by atoms with van der Waals surface area (Å²) in [4.78, 5) is 13.0. The molecule has 0 saturated carbocycles. The summed E-state index contributed by atoms with van der Waals surface area (Å²) in [5, 5.41) is 7.64. The minimum absolute atomic E-state index is 0.104. The normalized spacial score (nSPS) is 16.9. The van der Waals surface area contributed by atoms with Gasteiger partial charge in [0, 0.05) is 21.3 Å². The molecule has 0 bridgehead atoms. The number of carbonyl (C=O) groups excluding carboxylic acids is 1. The molecule has 3 aromatic rings. The minimum Gasteiger partial charge on any atom is -0.489 e. The molecule has 31 heavy (non-hydrogen) atoms. The Morgan fingerprint density at radius 2 is 1.87 bits per heavy atom. The van der Waals surface area contributed by atoms with Crippen LogP contribution in [-0.4, -0.2) is 11.4 Å². The molecule has 1 aliphatic heterocycles. The molecular formula is C24H20Cl2N2O2S. The van der Waals surface area contributed by atoms with Gasteiger partial charge in [-0.05, 0) is 60.5 Å². The second-order valence-corrected chi connectivity index (χ2v) is 9.02. The van der Waals surface area contributed by atoms with E-state index in [9.17, 15) is 4.79 Å². The molecule has 1 atom stereocenters. The molecule has 1 heterocycles. The SMILES string of the molecule is Cc1cc(Cl)ccc1NC1NC(=O)/C(=C/c2ccc(OCc3ccccc3Cl)cc2)S1. The first kappa shape index (κ1) is 21.6. The molecule has 1 amide bonds. The largest absolute Gasteiger partial charge is 0.489 e. The molecule has 4 nitrogen and oxygen atoms in total. The van der Waals surface area contributed by atoms with E-state index in [-0.39, 0.29) is 11.4 Å². The van der Waals surface area contributed by atoms with Crippen LogP contribution >= 0.6 is 35.0 Å². The number of carbonyl (C=O) groups is 1. The quantitative estimate of drug-likeness (QED) is 0.404. The molecule has 0 aromatic heterocycles. The average molecular weight is 471 g/mol. The van der Waals surface area contributed by atoms with Crippen molar-refractivity contribution in [3.63, 3.8) is 0 Å². The summed E-state index contributed by atoms with van der Waals surface area (Å²) in [6, 6.07) is 20.8. The lowest BCUT2D eigenvalue weighted by Crippen LogP contribution is -2.31. The van der Waals surface area contributed by atoms with Gasteiger partial charge in [-0.2, -0.15) is 0 Å². The fraction of sp³-hybridized carbons (Fsp3) is 0.125. The highest BCUT2D eigenvalue weighted by Crippen LogP contribution is 2.31. The molecule has 2 N–H and O–H groups in total. The number of thioether (sulfide) groups is 1. The van der Waals surface area contributed by atoms with Crippen LogP contribution in [0.4, 0.5) is 5.69 Å². The van der Waals surface area contributed by atoms with Gasteiger partial charge in [0.15, 0.2) is 5.50 Å². The molecule has 1 aliphatic rings. The van der Waals surface area contributed by atoms with E-state index in [0.29, 0.717) is 21.6 Å². The van der Waals surface area contributed by atoms with Crippen molar-refractivity contribution in [3.05, 3.63) is 98.4 Å². The van der Waals surface area contributed by atoms with Gasteiger partial charge in [-0.1, -0.05) is 65.3 Å². The zero-order valence-corrected chi connectivity index (χ0v) is 19.0. The Balaban J connectivity index is 1.38. The van der Waals surface area contributed by atoms with Crippen LogP contribution in [0, 0.1) is 6.92 Å². The first-order valence-electron chi connectivity index (χ1n) is 9.66. The van der Waals surface area contributed by atoms with Crippen molar-refractivity contribution in [2.45, 2.75) is 19.0 Å². The molecule has 0 spiro atoms. The Kier molecular flexibility index (Phi) is 6.76. The third-order valence-electron chi connectivity index (χ3n) is 4.74. The third kappa shape index (κ3) is 5.56. The van der Waals surface area contributed by atoms with Gasteiger partial charge < -0.3 is 15.4 Å². The fourth-order valence-electron chi connectivity index (χ4n) is 3.08. The van der Waals surface area contributed by atoms with Crippen molar-refractivity contribution >= 4 is 52.6 Å². The van der Waals surface area contributed by atoms with Crippen molar-refractivity contribution in [3.8, 4) is 5.75 Å². The second-order valence-electron chi connectivity index (χ2n) is 7.03. The molecule has 0 aliphatic carbocycles. The van der Waals surface area contributed by atoms with Crippen LogP contribution in [0.25, 0.3) is 6.08 Å². The average Bonchev–Trinajstić information content (AvgIpc) is 3.09. The number of halogens is 2. The third-order valence-corrected chi connectivity index (χ3v) is 6.37. The number of hydrogen-bond donors (Lipinski definition) is 2. The van der Waals surface area contributed by atoms with E-state index in [2.05, 4.69) is 10.6 Å². The number of amides is 1. The van der Waals surface area contributed by atoms with Crippen LogP contribution < -0.4 is 15.4 Å². The van der Waals surface area contributed by atoms with Gasteiger partial charge in [0.25, 0.3) is 5.91 Å². The Morgan fingerprint density at radius 1 is 1.10 bits per heavy atom. The van der Waals surface area contributed by atoms with Crippen molar-refractivity contribution in [2.75, 3.05) is 5.32 Å². The molecule has 7 heteroatoms. The summed E-state index contributed by atoms with van der Waals surface area (Å²) in [6.07, 6.45) is 1.87. The maximum Gasteiger partial charge on any atom is 0.260 e. The number of hydrogen-bond acceptors (Lipinski definition) is 4. The number of nitrogens with one attached hydrogen (secondary N) is 2. The van der Waals surface area contributed by atoms with E-state index in [1.807, 2.05) is 79.7 Å². The fourth-order valence-corrected chi connectivity index (χ4v) is 4.48. The van der Waals surface area contributed by atoms with Crippen LogP contribution in [-0.2, 0) is 11.4 Å². The van der Waals surface area contributed by atoms with E-state index in [0.717, 1.165) is 28.1 Å². The summed E-state index contributed by atoms with van der Waals surface area (Å²) < 4.78 is 5.81. The molecule has 158 valence electrons. The first-order valence-corrected chi connectivity index (χ1v) is 11.3. The van der Waals surface area contributed by atoms with Crippen LogP contribution in [0.1, 0.15) is 16.7 Å². The van der Waals surface area contributed by atoms with Gasteiger partial charge in [-0.15, -0.1) is 0 Å². The number of aryl methyl sites for hydroxylation is 1. The van der Waals surface area contributed by atoms with Crippen molar-refractivity contribution < 1.29 is 9.53 Å². The number of rotatable bonds is 6. The van der Waals surface area contributed by atoms with Crippen LogP contribution in [0.2, 0.25) is 10.0 Å². The highest BCUT2D eigenvalue weighted by atomic mass is 35.5. The maximum atomic E-state index is 12.4. The molecule has 0 radical (unpaired) electrons. The zero-order chi connectivity index (χ0) is 21.8. The molecule has 3 aromatic carbocycles. The van der Waals surface area contributed by atoms with Crippen molar-refractivity contribution in [1.82, 2.24) is 5.32 Å². The Labute approximate surface area is 195 Å². The lowest BCUT2D eigenvalue weighted by atomic mass is 10.2. The number of ether oxygens (including phenoxy) is 1. The maximum absolute atomic E-state index is 12.4. The predicted octanol–water partition coefficient (Wildman–Crippen LogP) is 6.48. The van der Waals surface area contributed by atoms with Gasteiger partial charge >= 0.3 is 0 Å². The van der Waals surface area contributed by atoms with E-state index in [1.54, 1.807) is 0 Å². The molecule has 1 saturated heterocycles.